The Balaban J connectivity index is 1.58. The molecule has 0 atom stereocenters. The highest BCUT2D eigenvalue weighted by atomic mass is 32.2. The lowest BCUT2D eigenvalue weighted by molar-refractivity contribution is 0.214. The molecule has 1 aliphatic heterocycles. The SMILES string of the molecule is Cc1cc(CSc2nnc(CN3CCCCC3)n2-c2ccccc2)no1. The van der Waals surface area contributed by atoms with Crippen LogP contribution in [0.4, 0.5) is 0 Å². The van der Waals surface area contributed by atoms with Gasteiger partial charge in [-0.3, -0.25) is 9.47 Å². The van der Waals surface area contributed by atoms with E-state index in [-0.39, 0.29) is 0 Å². The third-order valence-electron chi connectivity index (χ3n) is 4.55. The van der Waals surface area contributed by atoms with Gasteiger partial charge in [-0.2, -0.15) is 0 Å². The summed E-state index contributed by atoms with van der Waals surface area (Å²) in [6.45, 7) is 5.03. The van der Waals surface area contributed by atoms with Crippen LogP contribution in [0.25, 0.3) is 5.69 Å². The number of benzene rings is 1. The lowest BCUT2D eigenvalue weighted by Crippen LogP contribution is -2.30. The zero-order valence-electron chi connectivity index (χ0n) is 15.0. The molecule has 1 fully saturated rings. The molecule has 26 heavy (non-hydrogen) atoms. The van der Waals surface area contributed by atoms with E-state index in [0.717, 1.165) is 47.8 Å². The van der Waals surface area contributed by atoms with Crippen LogP contribution >= 0.6 is 11.8 Å². The zero-order valence-corrected chi connectivity index (χ0v) is 15.8. The molecule has 136 valence electrons. The van der Waals surface area contributed by atoms with Gasteiger partial charge < -0.3 is 4.52 Å². The average molecular weight is 369 g/mol. The molecule has 0 bridgehead atoms. The normalized spacial score (nSPS) is 15.4. The molecule has 6 nitrogen and oxygen atoms in total. The number of hydrogen-bond acceptors (Lipinski definition) is 6. The van der Waals surface area contributed by atoms with E-state index in [1.807, 2.05) is 19.1 Å². The Morgan fingerprint density at radius 2 is 1.88 bits per heavy atom. The molecule has 2 aromatic heterocycles. The molecule has 0 saturated carbocycles. The van der Waals surface area contributed by atoms with E-state index < -0.39 is 0 Å². The Bertz CT molecular complexity index is 839. The second kappa shape index (κ2) is 8.05. The van der Waals surface area contributed by atoms with Gasteiger partial charge in [-0.05, 0) is 45.0 Å². The van der Waals surface area contributed by atoms with E-state index in [4.69, 9.17) is 4.52 Å². The molecule has 3 aromatic rings. The zero-order chi connectivity index (χ0) is 17.8. The molecular formula is C19H23N5OS. The monoisotopic (exact) mass is 369 g/mol. The summed E-state index contributed by atoms with van der Waals surface area (Å²) in [5.74, 6) is 2.54. The van der Waals surface area contributed by atoms with Crippen molar-refractivity contribution in [1.82, 2.24) is 24.8 Å². The molecule has 0 unspecified atom stereocenters. The summed E-state index contributed by atoms with van der Waals surface area (Å²) in [4.78, 5) is 2.47. The topological polar surface area (TPSA) is 60.0 Å². The Morgan fingerprint density at radius 3 is 2.62 bits per heavy atom. The molecule has 0 amide bonds. The largest absolute Gasteiger partial charge is 0.361 e. The Morgan fingerprint density at radius 1 is 1.08 bits per heavy atom. The van der Waals surface area contributed by atoms with E-state index in [1.165, 1.54) is 19.3 Å². The minimum Gasteiger partial charge on any atom is -0.361 e. The molecule has 3 heterocycles. The van der Waals surface area contributed by atoms with Gasteiger partial charge in [0.2, 0.25) is 0 Å². The van der Waals surface area contributed by atoms with Crippen molar-refractivity contribution in [3.05, 3.63) is 53.7 Å². The van der Waals surface area contributed by atoms with Crippen molar-refractivity contribution in [3.63, 3.8) is 0 Å². The first kappa shape index (κ1) is 17.3. The van der Waals surface area contributed by atoms with Crippen molar-refractivity contribution in [2.24, 2.45) is 0 Å². The van der Waals surface area contributed by atoms with Crippen molar-refractivity contribution in [3.8, 4) is 5.69 Å². The van der Waals surface area contributed by atoms with Crippen LogP contribution in [0, 0.1) is 6.92 Å². The fourth-order valence-corrected chi connectivity index (χ4v) is 4.13. The maximum atomic E-state index is 5.16. The number of rotatable bonds is 6. The lowest BCUT2D eigenvalue weighted by atomic mass is 10.1. The van der Waals surface area contributed by atoms with Crippen LogP contribution < -0.4 is 0 Å². The number of nitrogens with zero attached hydrogens (tertiary/aromatic N) is 5. The maximum absolute atomic E-state index is 5.16. The molecule has 0 radical (unpaired) electrons. The van der Waals surface area contributed by atoms with Gasteiger partial charge in [0.25, 0.3) is 0 Å². The van der Waals surface area contributed by atoms with Crippen molar-refractivity contribution >= 4 is 11.8 Å². The smallest absolute Gasteiger partial charge is 0.196 e. The maximum Gasteiger partial charge on any atom is 0.196 e. The van der Waals surface area contributed by atoms with Crippen LogP contribution in [-0.2, 0) is 12.3 Å². The molecule has 1 saturated heterocycles. The molecule has 1 aliphatic rings. The minimum atomic E-state index is 0.714. The first-order valence-corrected chi connectivity index (χ1v) is 10.1. The van der Waals surface area contributed by atoms with Gasteiger partial charge in [0.15, 0.2) is 11.0 Å². The van der Waals surface area contributed by atoms with Crippen molar-refractivity contribution in [2.75, 3.05) is 13.1 Å². The average Bonchev–Trinajstić information content (AvgIpc) is 3.27. The standard InChI is InChI=1S/C19H23N5OS/c1-15-12-16(22-25-15)14-26-19-21-20-18(13-23-10-6-3-7-11-23)24(19)17-8-4-2-5-9-17/h2,4-5,8-9,12H,3,6-7,10-11,13-14H2,1H3. The number of piperidine rings is 1. The predicted molar refractivity (Wildman–Crippen MR) is 101 cm³/mol. The van der Waals surface area contributed by atoms with E-state index in [9.17, 15) is 0 Å². The molecule has 4 rings (SSSR count). The summed E-state index contributed by atoms with van der Waals surface area (Å²) in [7, 11) is 0. The number of thioether (sulfide) groups is 1. The highest BCUT2D eigenvalue weighted by molar-refractivity contribution is 7.98. The second-order valence-electron chi connectivity index (χ2n) is 6.62. The van der Waals surface area contributed by atoms with Gasteiger partial charge in [0, 0.05) is 17.5 Å². The third-order valence-corrected chi connectivity index (χ3v) is 5.52. The Hall–Kier alpha value is -2.12. The Kier molecular flexibility index (Phi) is 5.36. The first-order chi connectivity index (χ1) is 12.8. The van der Waals surface area contributed by atoms with Gasteiger partial charge in [-0.15, -0.1) is 10.2 Å². The molecule has 0 spiro atoms. The summed E-state index contributed by atoms with van der Waals surface area (Å²) in [5.41, 5.74) is 2.02. The summed E-state index contributed by atoms with van der Waals surface area (Å²) < 4.78 is 7.33. The van der Waals surface area contributed by atoms with Crippen LogP contribution in [0.3, 0.4) is 0 Å². The van der Waals surface area contributed by atoms with Gasteiger partial charge in [-0.25, -0.2) is 0 Å². The van der Waals surface area contributed by atoms with Gasteiger partial charge in [-0.1, -0.05) is 41.5 Å². The van der Waals surface area contributed by atoms with Gasteiger partial charge in [0.1, 0.15) is 5.76 Å². The number of para-hydroxylation sites is 1. The molecule has 0 aliphatic carbocycles. The van der Waals surface area contributed by atoms with Crippen LogP contribution in [0.5, 0.6) is 0 Å². The fraction of sp³-hybridized carbons (Fsp3) is 0.421. The summed E-state index contributed by atoms with van der Waals surface area (Å²) in [5, 5.41) is 13.9. The Labute approximate surface area is 157 Å². The summed E-state index contributed by atoms with van der Waals surface area (Å²) in [6.07, 6.45) is 3.87. The van der Waals surface area contributed by atoms with E-state index in [2.05, 4.69) is 49.1 Å². The highest BCUT2D eigenvalue weighted by Crippen LogP contribution is 2.26. The van der Waals surface area contributed by atoms with E-state index in [1.54, 1.807) is 11.8 Å². The van der Waals surface area contributed by atoms with Crippen LogP contribution in [-0.4, -0.2) is 37.9 Å². The molecule has 0 N–H and O–H groups in total. The van der Waals surface area contributed by atoms with Crippen LogP contribution in [0.2, 0.25) is 0 Å². The number of hydrogen-bond donors (Lipinski definition) is 0. The quantitative estimate of drug-likeness (QED) is 0.615. The summed E-state index contributed by atoms with van der Waals surface area (Å²) >= 11 is 1.64. The van der Waals surface area contributed by atoms with Crippen molar-refractivity contribution in [1.29, 1.82) is 0 Å². The number of aromatic nitrogens is 4. The number of likely N-dealkylation sites (tertiary alicyclic amines) is 1. The van der Waals surface area contributed by atoms with Gasteiger partial charge >= 0.3 is 0 Å². The fourth-order valence-electron chi connectivity index (χ4n) is 3.27. The lowest BCUT2D eigenvalue weighted by Gasteiger charge is -2.26. The third kappa shape index (κ3) is 3.99. The van der Waals surface area contributed by atoms with Crippen molar-refractivity contribution < 1.29 is 4.52 Å². The van der Waals surface area contributed by atoms with Crippen LogP contribution in [0.1, 0.15) is 36.5 Å². The molecule has 1 aromatic carbocycles. The van der Waals surface area contributed by atoms with Crippen LogP contribution in [0.15, 0.2) is 46.1 Å². The second-order valence-corrected chi connectivity index (χ2v) is 7.57. The first-order valence-electron chi connectivity index (χ1n) is 9.06. The van der Waals surface area contributed by atoms with E-state index in [0.29, 0.717) is 5.75 Å². The van der Waals surface area contributed by atoms with Crippen molar-refractivity contribution in [2.45, 2.75) is 43.6 Å². The van der Waals surface area contributed by atoms with E-state index >= 15 is 0 Å². The molecular weight excluding hydrogens is 346 g/mol. The number of aryl methyl sites for hydroxylation is 1. The predicted octanol–water partition coefficient (Wildman–Crippen LogP) is 3.84. The molecule has 7 heteroatoms. The summed E-state index contributed by atoms with van der Waals surface area (Å²) in [6, 6.07) is 12.3. The highest BCUT2D eigenvalue weighted by Gasteiger charge is 2.19. The van der Waals surface area contributed by atoms with Gasteiger partial charge in [0.05, 0.1) is 12.2 Å². The minimum absolute atomic E-state index is 0.714.